The Morgan fingerprint density at radius 3 is 2.64 bits per heavy atom. The number of carbonyl (C=O) groups excluding carboxylic acids is 1. The number of benzene rings is 1. The third kappa shape index (κ3) is 4.06. The second-order valence-electron chi connectivity index (χ2n) is 7.27. The molecule has 132 valence electrons. The Kier molecular flexibility index (Phi) is 5.16. The minimum atomic E-state index is -0.240. The summed E-state index contributed by atoms with van der Waals surface area (Å²) in [5.74, 6) is 0.328. The lowest BCUT2D eigenvalue weighted by Crippen LogP contribution is -2.31. The van der Waals surface area contributed by atoms with Gasteiger partial charge >= 0.3 is 0 Å². The van der Waals surface area contributed by atoms with Gasteiger partial charge in [0, 0.05) is 18.7 Å². The fourth-order valence-electron chi connectivity index (χ4n) is 3.51. The minimum Gasteiger partial charge on any atom is -0.334 e. The maximum atomic E-state index is 13.2. The Hall–Kier alpha value is -2.23. The van der Waals surface area contributed by atoms with Gasteiger partial charge in [-0.25, -0.2) is 4.39 Å². The molecule has 2 heterocycles. The first-order chi connectivity index (χ1) is 11.9. The van der Waals surface area contributed by atoms with Crippen LogP contribution in [0.1, 0.15) is 50.5 Å². The monoisotopic (exact) mass is 340 g/mol. The molecule has 2 aromatic rings. The Balaban J connectivity index is 1.91. The van der Waals surface area contributed by atoms with E-state index in [1.807, 2.05) is 24.0 Å². The van der Waals surface area contributed by atoms with Crippen LogP contribution in [0, 0.1) is 18.7 Å². The number of aromatic nitrogens is 1. The van der Waals surface area contributed by atoms with E-state index in [4.69, 9.17) is 4.98 Å². The summed E-state index contributed by atoms with van der Waals surface area (Å²) in [4.78, 5) is 19.3. The molecule has 25 heavy (non-hydrogen) atoms. The molecule has 0 unspecified atom stereocenters. The van der Waals surface area contributed by atoms with Gasteiger partial charge in [-0.2, -0.15) is 0 Å². The first kappa shape index (κ1) is 17.6. The molecule has 0 radical (unpaired) electrons. The number of halogens is 1. The van der Waals surface area contributed by atoms with Crippen LogP contribution in [0.3, 0.4) is 0 Å². The molecule has 1 atom stereocenters. The normalized spacial score (nSPS) is 17.3. The van der Waals surface area contributed by atoms with Gasteiger partial charge in [-0.3, -0.25) is 9.78 Å². The average Bonchev–Trinajstić information content (AvgIpc) is 3.04. The molecule has 0 saturated carbocycles. The lowest BCUT2D eigenvalue weighted by atomic mass is 10.0. The van der Waals surface area contributed by atoms with Gasteiger partial charge < -0.3 is 4.90 Å². The second kappa shape index (κ2) is 7.34. The van der Waals surface area contributed by atoms with Crippen molar-refractivity contribution in [2.24, 2.45) is 5.92 Å². The summed E-state index contributed by atoms with van der Waals surface area (Å²) in [6, 6.07) is 10.6. The van der Waals surface area contributed by atoms with Crippen LogP contribution in [-0.2, 0) is 4.79 Å². The van der Waals surface area contributed by atoms with Crippen LogP contribution < -0.4 is 0 Å². The van der Waals surface area contributed by atoms with Crippen molar-refractivity contribution < 1.29 is 9.18 Å². The molecule has 0 bridgehead atoms. The van der Waals surface area contributed by atoms with Crippen LogP contribution in [0.2, 0.25) is 0 Å². The molecule has 1 fully saturated rings. The van der Waals surface area contributed by atoms with Crippen LogP contribution in [0.5, 0.6) is 0 Å². The van der Waals surface area contributed by atoms with Crippen LogP contribution >= 0.6 is 0 Å². The molecule has 1 aromatic carbocycles. The Morgan fingerprint density at radius 1 is 1.24 bits per heavy atom. The molecule has 1 aliphatic rings. The van der Waals surface area contributed by atoms with Gasteiger partial charge in [0.1, 0.15) is 5.82 Å². The molecule has 0 spiro atoms. The number of rotatable bonds is 4. The summed E-state index contributed by atoms with van der Waals surface area (Å²) in [5.41, 5.74) is 3.84. The molecule has 4 heteroatoms. The molecule has 1 amide bonds. The van der Waals surface area contributed by atoms with E-state index in [-0.39, 0.29) is 17.8 Å². The highest BCUT2D eigenvalue weighted by Gasteiger charge is 2.31. The Labute approximate surface area is 148 Å². The van der Waals surface area contributed by atoms with E-state index < -0.39 is 0 Å². The molecule has 1 aromatic heterocycles. The zero-order valence-electron chi connectivity index (χ0n) is 15.1. The third-order valence-electron chi connectivity index (χ3n) is 4.65. The van der Waals surface area contributed by atoms with Gasteiger partial charge in [0.15, 0.2) is 0 Å². The molecular formula is C21H25FN2O. The highest BCUT2D eigenvalue weighted by Crippen LogP contribution is 2.34. The molecular weight excluding hydrogens is 315 g/mol. The summed E-state index contributed by atoms with van der Waals surface area (Å²) in [7, 11) is 0. The third-order valence-corrected chi connectivity index (χ3v) is 4.65. The quantitative estimate of drug-likeness (QED) is 0.792. The molecule has 0 N–H and O–H groups in total. The number of likely N-dealkylation sites (tertiary alicyclic amines) is 1. The molecule has 3 rings (SSSR count). The van der Waals surface area contributed by atoms with E-state index in [1.165, 1.54) is 12.1 Å². The van der Waals surface area contributed by atoms with Crippen molar-refractivity contribution in [1.82, 2.24) is 9.88 Å². The Morgan fingerprint density at radius 2 is 1.96 bits per heavy atom. The van der Waals surface area contributed by atoms with Gasteiger partial charge in [-0.15, -0.1) is 0 Å². The summed E-state index contributed by atoms with van der Waals surface area (Å²) in [6.07, 6.45) is 2.53. The van der Waals surface area contributed by atoms with Crippen molar-refractivity contribution in [3.63, 3.8) is 0 Å². The summed E-state index contributed by atoms with van der Waals surface area (Å²) < 4.78 is 13.2. The van der Waals surface area contributed by atoms with Gasteiger partial charge in [0.2, 0.25) is 5.91 Å². The number of hydrogen-bond donors (Lipinski definition) is 0. The maximum Gasteiger partial charge on any atom is 0.223 e. The highest BCUT2D eigenvalue weighted by atomic mass is 19.1. The molecule has 1 aliphatic heterocycles. The lowest BCUT2D eigenvalue weighted by Gasteiger charge is -2.26. The molecule has 0 aliphatic carbocycles. The number of nitrogens with zero attached hydrogens (tertiary/aromatic N) is 2. The molecule has 3 nitrogen and oxygen atoms in total. The first-order valence-corrected chi connectivity index (χ1v) is 8.98. The molecule has 1 saturated heterocycles. The zero-order chi connectivity index (χ0) is 18.0. The number of carbonyl (C=O) groups is 1. The van der Waals surface area contributed by atoms with Crippen LogP contribution in [0.4, 0.5) is 4.39 Å². The van der Waals surface area contributed by atoms with Crippen molar-refractivity contribution in [1.29, 1.82) is 0 Å². The smallest absolute Gasteiger partial charge is 0.223 e. The highest BCUT2D eigenvalue weighted by molar-refractivity contribution is 5.77. The SMILES string of the molecule is Cc1cc(-c2ccc(F)cc2)cc([C@H]2CCCN2C(=O)CC(C)C)n1. The minimum absolute atomic E-state index is 0.0466. The van der Waals surface area contributed by atoms with Gasteiger partial charge in [-0.1, -0.05) is 26.0 Å². The number of hydrogen-bond acceptors (Lipinski definition) is 2. The van der Waals surface area contributed by atoms with Crippen molar-refractivity contribution in [3.05, 3.63) is 53.6 Å². The average molecular weight is 340 g/mol. The standard InChI is InChI=1S/C21H25FN2O/c1-14(2)11-21(25)24-10-4-5-20(24)19-13-17(12-15(3)23-19)16-6-8-18(22)9-7-16/h6-9,12-14,20H,4-5,10-11H2,1-3H3/t20-/m1/s1. The van der Waals surface area contributed by atoms with E-state index in [1.54, 1.807) is 12.1 Å². The summed E-state index contributed by atoms with van der Waals surface area (Å²) in [6.45, 7) is 6.91. The summed E-state index contributed by atoms with van der Waals surface area (Å²) >= 11 is 0. The van der Waals surface area contributed by atoms with Crippen molar-refractivity contribution >= 4 is 5.91 Å². The van der Waals surface area contributed by atoms with E-state index in [0.29, 0.717) is 12.3 Å². The summed E-state index contributed by atoms with van der Waals surface area (Å²) in [5, 5.41) is 0. The van der Waals surface area contributed by atoms with Crippen LogP contribution in [0.15, 0.2) is 36.4 Å². The predicted octanol–water partition coefficient (Wildman–Crippen LogP) is 4.91. The van der Waals surface area contributed by atoms with E-state index in [2.05, 4.69) is 13.8 Å². The van der Waals surface area contributed by atoms with Gasteiger partial charge in [0.25, 0.3) is 0 Å². The predicted molar refractivity (Wildman–Crippen MR) is 97.5 cm³/mol. The van der Waals surface area contributed by atoms with Crippen molar-refractivity contribution in [2.75, 3.05) is 6.54 Å². The van der Waals surface area contributed by atoms with Crippen molar-refractivity contribution in [2.45, 2.75) is 46.1 Å². The van der Waals surface area contributed by atoms with Gasteiger partial charge in [-0.05, 0) is 61.1 Å². The van der Waals surface area contributed by atoms with Crippen LogP contribution in [-0.4, -0.2) is 22.3 Å². The fourth-order valence-corrected chi connectivity index (χ4v) is 3.51. The Bertz CT molecular complexity index is 755. The maximum absolute atomic E-state index is 13.2. The van der Waals surface area contributed by atoms with E-state index in [0.717, 1.165) is 41.9 Å². The second-order valence-corrected chi connectivity index (χ2v) is 7.27. The lowest BCUT2D eigenvalue weighted by molar-refractivity contribution is -0.133. The number of pyridine rings is 1. The first-order valence-electron chi connectivity index (χ1n) is 8.98. The largest absolute Gasteiger partial charge is 0.334 e. The van der Waals surface area contributed by atoms with Crippen LogP contribution in [0.25, 0.3) is 11.1 Å². The van der Waals surface area contributed by atoms with Crippen molar-refractivity contribution in [3.8, 4) is 11.1 Å². The van der Waals surface area contributed by atoms with Gasteiger partial charge in [0.05, 0.1) is 11.7 Å². The topological polar surface area (TPSA) is 33.2 Å². The number of aryl methyl sites for hydroxylation is 1. The number of amides is 1. The van der Waals surface area contributed by atoms with E-state index >= 15 is 0 Å². The van der Waals surface area contributed by atoms with E-state index in [9.17, 15) is 9.18 Å². The fraction of sp³-hybridized carbons (Fsp3) is 0.429. The zero-order valence-corrected chi connectivity index (χ0v) is 15.1.